The van der Waals surface area contributed by atoms with Gasteiger partial charge in [0.1, 0.15) is 0 Å². The summed E-state index contributed by atoms with van der Waals surface area (Å²) < 4.78 is 1.17. The molecular formula is C15H10INO2S. The summed E-state index contributed by atoms with van der Waals surface area (Å²) >= 11 is 3.80. The van der Waals surface area contributed by atoms with Crippen molar-refractivity contribution in [3.8, 4) is 6.07 Å². The lowest BCUT2D eigenvalue weighted by Gasteiger charge is -2.06. The van der Waals surface area contributed by atoms with E-state index in [9.17, 15) is 4.79 Å². The summed E-state index contributed by atoms with van der Waals surface area (Å²) in [5.41, 5.74) is 0.967. The summed E-state index contributed by atoms with van der Waals surface area (Å²) in [5.74, 6) is -0.932. The van der Waals surface area contributed by atoms with Crippen molar-refractivity contribution in [3.05, 3.63) is 57.2 Å². The van der Waals surface area contributed by atoms with E-state index in [2.05, 4.69) is 22.6 Å². The molecule has 0 spiro atoms. The van der Waals surface area contributed by atoms with Crippen LogP contribution < -0.4 is 0 Å². The Morgan fingerprint density at radius 1 is 1.20 bits per heavy atom. The van der Waals surface area contributed by atoms with Gasteiger partial charge in [0.2, 0.25) is 0 Å². The highest BCUT2D eigenvalue weighted by atomic mass is 127. The van der Waals surface area contributed by atoms with Crippen LogP contribution in [-0.4, -0.2) is 11.1 Å². The second kappa shape index (κ2) is 6.77. The lowest BCUT2D eigenvalue weighted by molar-refractivity contribution is -0.136. The molecule has 2 rings (SSSR count). The van der Waals surface area contributed by atoms with Crippen LogP contribution in [0, 0.1) is 14.9 Å². The number of hydrogen-bond acceptors (Lipinski definition) is 3. The monoisotopic (exact) mass is 395 g/mol. The van der Waals surface area contributed by atoms with Crippen LogP contribution in [0.4, 0.5) is 0 Å². The van der Waals surface area contributed by atoms with E-state index in [0.717, 1.165) is 9.79 Å². The molecule has 0 atom stereocenters. The van der Waals surface area contributed by atoms with Crippen LogP contribution in [0.3, 0.4) is 0 Å². The SMILES string of the molecule is N#Cc1ccc(Sc2ccc(I)cc2)cc1CC(=O)O. The molecule has 0 aliphatic carbocycles. The molecule has 0 aromatic heterocycles. The summed E-state index contributed by atoms with van der Waals surface area (Å²) in [6.07, 6.45) is -0.135. The Hall–Kier alpha value is -1.52. The van der Waals surface area contributed by atoms with E-state index in [1.165, 1.54) is 3.57 Å². The molecule has 0 aliphatic rings. The van der Waals surface area contributed by atoms with E-state index >= 15 is 0 Å². The van der Waals surface area contributed by atoms with Gasteiger partial charge >= 0.3 is 5.97 Å². The molecule has 1 N–H and O–H groups in total. The van der Waals surface area contributed by atoms with Crippen LogP contribution >= 0.6 is 34.4 Å². The molecule has 0 radical (unpaired) electrons. The summed E-state index contributed by atoms with van der Waals surface area (Å²) in [5, 5.41) is 17.9. The van der Waals surface area contributed by atoms with Crippen LogP contribution in [0.5, 0.6) is 0 Å². The van der Waals surface area contributed by atoms with Crippen molar-refractivity contribution in [3.63, 3.8) is 0 Å². The molecule has 3 nitrogen and oxygen atoms in total. The maximum Gasteiger partial charge on any atom is 0.307 e. The summed E-state index contributed by atoms with van der Waals surface area (Å²) in [7, 11) is 0. The fourth-order valence-electron chi connectivity index (χ4n) is 1.69. The molecule has 2 aromatic carbocycles. The molecule has 0 saturated carbocycles. The van der Waals surface area contributed by atoms with Gasteiger partial charge in [-0.05, 0) is 70.6 Å². The van der Waals surface area contributed by atoms with Crippen LogP contribution in [-0.2, 0) is 11.2 Å². The number of carboxylic acid groups (broad SMARTS) is 1. The summed E-state index contributed by atoms with van der Waals surface area (Å²) in [6.45, 7) is 0. The van der Waals surface area contributed by atoms with Gasteiger partial charge in [0.25, 0.3) is 0 Å². The highest BCUT2D eigenvalue weighted by Crippen LogP contribution is 2.29. The van der Waals surface area contributed by atoms with Crippen molar-refractivity contribution in [2.24, 2.45) is 0 Å². The lowest BCUT2D eigenvalue weighted by atomic mass is 10.1. The number of carboxylic acids is 1. The molecule has 0 heterocycles. The standard InChI is InChI=1S/C15H10INO2S/c16-12-2-5-13(6-3-12)20-14-4-1-10(9-17)11(7-14)8-15(18)19/h1-7H,8H2,(H,18,19). The largest absolute Gasteiger partial charge is 0.481 e. The van der Waals surface area contributed by atoms with Crippen molar-refractivity contribution in [1.82, 2.24) is 0 Å². The van der Waals surface area contributed by atoms with Gasteiger partial charge in [-0.1, -0.05) is 11.8 Å². The number of aliphatic carboxylic acids is 1. The number of rotatable bonds is 4. The zero-order valence-corrected chi connectivity index (χ0v) is 13.3. The summed E-state index contributed by atoms with van der Waals surface area (Å²) in [6, 6.07) is 15.4. The van der Waals surface area contributed by atoms with Gasteiger partial charge < -0.3 is 5.11 Å². The minimum atomic E-state index is -0.932. The van der Waals surface area contributed by atoms with Crippen LogP contribution in [0.25, 0.3) is 0 Å². The quantitative estimate of drug-likeness (QED) is 0.797. The van der Waals surface area contributed by atoms with Crippen molar-refractivity contribution >= 4 is 40.3 Å². The van der Waals surface area contributed by atoms with Gasteiger partial charge in [-0.15, -0.1) is 0 Å². The molecule has 0 saturated heterocycles. The van der Waals surface area contributed by atoms with Gasteiger partial charge in [-0.3, -0.25) is 4.79 Å². The van der Waals surface area contributed by atoms with E-state index in [1.54, 1.807) is 23.9 Å². The van der Waals surface area contributed by atoms with E-state index in [0.29, 0.717) is 11.1 Å². The van der Waals surface area contributed by atoms with E-state index in [-0.39, 0.29) is 6.42 Å². The van der Waals surface area contributed by atoms with E-state index in [1.807, 2.05) is 36.4 Å². The van der Waals surface area contributed by atoms with Gasteiger partial charge in [0, 0.05) is 13.4 Å². The molecular weight excluding hydrogens is 385 g/mol. The predicted octanol–water partition coefficient (Wildman–Crippen LogP) is 3.94. The lowest BCUT2D eigenvalue weighted by Crippen LogP contribution is -2.02. The third kappa shape index (κ3) is 3.99. The first kappa shape index (κ1) is 14.9. The van der Waals surface area contributed by atoms with Crippen LogP contribution in [0.2, 0.25) is 0 Å². The average Bonchev–Trinajstić information content (AvgIpc) is 2.41. The third-order valence-electron chi connectivity index (χ3n) is 2.59. The second-order valence-electron chi connectivity index (χ2n) is 4.06. The van der Waals surface area contributed by atoms with Gasteiger partial charge in [0.05, 0.1) is 18.1 Å². The highest BCUT2D eigenvalue weighted by Gasteiger charge is 2.08. The summed E-state index contributed by atoms with van der Waals surface area (Å²) in [4.78, 5) is 12.8. The van der Waals surface area contributed by atoms with E-state index < -0.39 is 5.97 Å². The Balaban J connectivity index is 2.26. The Morgan fingerprint density at radius 3 is 2.45 bits per heavy atom. The zero-order valence-electron chi connectivity index (χ0n) is 10.3. The Bertz CT molecular complexity index is 677. The molecule has 100 valence electrons. The molecule has 5 heteroatoms. The molecule has 20 heavy (non-hydrogen) atoms. The minimum absolute atomic E-state index is 0.135. The van der Waals surface area contributed by atoms with Crippen molar-refractivity contribution in [1.29, 1.82) is 5.26 Å². The first-order chi connectivity index (χ1) is 9.58. The molecule has 0 aliphatic heterocycles. The first-order valence-electron chi connectivity index (χ1n) is 5.77. The number of carbonyl (C=O) groups is 1. The number of benzene rings is 2. The highest BCUT2D eigenvalue weighted by molar-refractivity contribution is 14.1. The molecule has 0 amide bonds. The Morgan fingerprint density at radius 2 is 1.85 bits per heavy atom. The number of nitrogens with zero attached hydrogens (tertiary/aromatic N) is 1. The van der Waals surface area contributed by atoms with Gasteiger partial charge in [0.15, 0.2) is 0 Å². The molecule has 0 bridgehead atoms. The zero-order chi connectivity index (χ0) is 14.5. The normalized spacial score (nSPS) is 10.0. The molecule has 0 unspecified atom stereocenters. The number of halogens is 1. The van der Waals surface area contributed by atoms with Crippen molar-refractivity contribution in [2.75, 3.05) is 0 Å². The van der Waals surface area contributed by atoms with Crippen molar-refractivity contribution in [2.45, 2.75) is 16.2 Å². The molecule has 2 aromatic rings. The first-order valence-corrected chi connectivity index (χ1v) is 7.66. The Labute approximate surface area is 134 Å². The Kier molecular flexibility index (Phi) is 5.04. The maximum absolute atomic E-state index is 10.8. The smallest absolute Gasteiger partial charge is 0.307 e. The number of hydrogen-bond donors (Lipinski definition) is 1. The predicted molar refractivity (Wildman–Crippen MR) is 85.8 cm³/mol. The van der Waals surface area contributed by atoms with Crippen LogP contribution in [0.1, 0.15) is 11.1 Å². The van der Waals surface area contributed by atoms with Gasteiger partial charge in [-0.2, -0.15) is 5.26 Å². The minimum Gasteiger partial charge on any atom is -0.481 e. The van der Waals surface area contributed by atoms with Crippen molar-refractivity contribution < 1.29 is 9.90 Å². The average molecular weight is 395 g/mol. The molecule has 0 fully saturated rings. The second-order valence-corrected chi connectivity index (χ2v) is 6.45. The maximum atomic E-state index is 10.8. The fourth-order valence-corrected chi connectivity index (χ4v) is 2.93. The fraction of sp³-hybridized carbons (Fsp3) is 0.0667. The topological polar surface area (TPSA) is 61.1 Å². The van der Waals surface area contributed by atoms with Crippen LogP contribution in [0.15, 0.2) is 52.3 Å². The number of nitriles is 1. The van der Waals surface area contributed by atoms with Gasteiger partial charge in [-0.25, -0.2) is 0 Å². The van der Waals surface area contributed by atoms with E-state index in [4.69, 9.17) is 10.4 Å². The third-order valence-corrected chi connectivity index (χ3v) is 4.30.